The van der Waals surface area contributed by atoms with Crippen LogP contribution in [0.3, 0.4) is 0 Å². The number of carbonyl (C=O) groups is 1. The standard InChI is InChI=1S/C24H32N4O/c1-19-11-13-26(14-12-19)22-9-7-21(8-10-22)25-24(29)28-17-15-27(16-18-28)23-6-4-3-5-20(23)2/h3-10,19H,11-18H2,1-2H3,(H,25,29). The summed E-state index contributed by atoms with van der Waals surface area (Å²) in [5.74, 6) is 0.830. The molecule has 2 aromatic carbocycles. The molecular weight excluding hydrogens is 360 g/mol. The van der Waals surface area contributed by atoms with E-state index >= 15 is 0 Å². The summed E-state index contributed by atoms with van der Waals surface area (Å²) in [5.41, 5.74) is 4.68. The molecule has 0 spiro atoms. The normalized spacial score (nSPS) is 18.1. The first-order valence-electron chi connectivity index (χ1n) is 10.8. The molecule has 2 aliphatic heterocycles. The number of nitrogens with zero attached hydrogens (tertiary/aromatic N) is 3. The molecule has 0 aliphatic carbocycles. The molecule has 4 rings (SSSR count). The van der Waals surface area contributed by atoms with E-state index in [4.69, 9.17) is 0 Å². The van der Waals surface area contributed by atoms with Crippen molar-refractivity contribution in [1.82, 2.24) is 4.90 Å². The zero-order valence-electron chi connectivity index (χ0n) is 17.6. The minimum atomic E-state index is -0.00557. The van der Waals surface area contributed by atoms with E-state index in [0.717, 1.165) is 50.9 Å². The molecule has 0 saturated carbocycles. The summed E-state index contributed by atoms with van der Waals surface area (Å²) in [6, 6.07) is 16.7. The van der Waals surface area contributed by atoms with Gasteiger partial charge in [0.15, 0.2) is 0 Å². The summed E-state index contributed by atoms with van der Waals surface area (Å²) >= 11 is 0. The van der Waals surface area contributed by atoms with Crippen LogP contribution in [0.5, 0.6) is 0 Å². The van der Waals surface area contributed by atoms with Crippen LogP contribution in [0, 0.1) is 12.8 Å². The lowest BCUT2D eigenvalue weighted by molar-refractivity contribution is 0.208. The second-order valence-electron chi connectivity index (χ2n) is 8.41. The molecule has 2 heterocycles. The fourth-order valence-corrected chi connectivity index (χ4v) is 4.29. The zero-order valence-corrected chi connectivity index (χ0v) is 17.6. The highest BCUT2D eigenvalue weighted by Gasteiger charge is 2.22. The zero-order chi connectivity index (χ0) is 20.2. The monoisotopic (exact) mass is 392 g/mol. The van der Waals surface area contributed by atoms with E-state index in [1.807, 2.05) is 17.0 Å². The van der Waals surface area contributed by atoms with Gasteiger partial charge in [-0.05, 0) is 61.6 Å². The number of carbonyl (C=O) groups excluding carboxylic acids is 1. The molecule has 0 bridgehead atoms. The lowest BCUT2D eigenvalue weighted by Gasteiger charge is -2.36. The predicted octanol–water partition coefficient (Wildman–Crippen LogP) is 4.59. The van der Waals surface area contributed by atoms with E-state index in [9.17, 15) is 4.79 Å². The molecule has 0 unspecified atom stereocenters. The Hall–Kier alpha value is -2.69. The third kappa shape index (κ3) is 4.66. The molecule has 154 valence electrons. The maximum atomic E-state index is 12.7. The smallest absolute Gasteiger partial charge is 0.321 e. The number of rotatable bonds is 3. The molecule has 2 aromatic rings. The van der Waals surface area contributed by atoms with Gasteiger partial charge < -0.3 is 20.0 Å². The van der Waals surface area contributed by atoms with Crippen LogP contribution >= 0.6 is 0 Å². The van der Waals surface area contributed by atoms with E-state index in [-0.39, 0.29) is 6.03 Å². The van der Waals surface area contributed by atoms with Crippen LogP contribution in [0.4, 0.5) is 21.9 Å². The van der Waals surface area contributed by atoms with Crippen molar-refractivity contribution in [2.75, 3.05) is 54.4 Å². The topological polar surface area (TPSA) is 38.8 Å². The van der Waals surface area contributed by atoms with Gasteiger partial charge >= 0.3 is 6.03 Å². The van der Waals surface area contributed by atoms with Gasteiger partial charge in [0.05, 0.1) is 0 Å². The van der Waals surface area contributed by atoms with Crippen molar-refractivity contribution in [3.05, 3.63) is 54.1 Å². The molecule has 29 heavy (non-hydrogen) atoms. The molecule has 2 saturated heterocycles. The number of hydrogen-bond acceptors (Lipinski definition) is 3. The van der Waals surface area contributed by atoms with Gasteiger partial charge in [-0.1, -0.05) is 25.1 Å². The van der Waals surface area contributed by atoms with E-state index in [1.165, 1.54) is 29.8 Å². The average Bonchev–Trinajstić information content (AvgIpc) is 2.75. The number of anilines is 3. The SMILES string of the molecule is Cc1ccccc1N1CCN(C(=O)Nc2ccc(N3CCC(C)CC3)cc2)CC1. The van der Waals surface area contributed by atoms with Crippen molar-refractivity contribution >= 4 is 23.1 Å². The third-order valence-corrected chi connectivity index (χ3v) is 6.29. The van der Waals surface area contributed by atoms with Crippen molar-refractivity contribution in [1.29, 1.82) is 0 Å². The first-order valence-corrected chi connectivity index (χ1v) is 10.8. The number of urea groups is 1. The van der Waals surface area contributed by atoms with Gasteiger partial charge in [0.1, 0.15) is 0 Å². The van der Waals surface area contributed by atoms with Crippen LogP contribution in [0.25, 0.3) is 0 Å². The maximum absolute atomic E-state index is 12.7. The van der Waals surface area contributed by atoms with Crippen molar-refractivity contribution in [3.63, 3.8) is 0 Å². The van der Waals surface area contributed by atoms with Gasteiger partial charge in [0.2, 0.25) is 0 Å². The minimum Gasteiger partial charge on any atom is -0.372 e. The predicted molar refractivity (Wildman–Crippen MR) is 121 cm³/mol. The first kappa shape index (κ1) is 19.6. The first-order chi connectivity index (χ1) is 14.1. The number of aryl methyl sites for hydroxylation is 1. The maximum Gasteiger partial charge on any atom is 0.321 e. The Balaban J connectivity index is 1.29. The van der Waals surface area contributed by atoms with Gasteiger partial charge in [0, 0.05) is 56.3 Å². The number of para-hydroxylation sites is 1. The van der Waals surface area contributed by atoms with E-state index in [1.54, 1.807) is 0 Å². The largest absolute Gasteiger partial charge is 0.372 e. The summed E-state index contributed by atoms with van der Waals surface area (Å²) in [6.45, 7) is 9.93. The van der Waals surface area contributed by atoms with Gasteiger partial charge in [-0.3, -0.25) is 0 Å². The van der Waals surface area contributed by atoms with Crippen molar-refractivity contribution in [2.24, 2.45) is 5.92 Å². The Labute approximate surface area is 174 Å². The van der Waals surface area contributed by atoms with Crippen LogP contribution in [-0.4, -0.2) is 50.2 Å². The summed E-state index contributed by atoms with van der Waals surface area (Å²) in [4.78, 5) is 19.4. The van der Waals surface area contributed by atoms with E-state index in [2.05, 4.69) is 65.4 Å². The molecule has 2 aliphatic rings. The summed E-state index contributed by atoms with van der Waals surface area (Å²) in [6.07, 6.45) is 2.51. The highest BCUT2D eigenvalue weighted by molar-refractivity contribution is 5.89. The second kappa shape index (κ2) is 8.76. The number of nitrogens with one attached hydrogen (secondary N) is 1. The van der Waals surface area contributed by atoms with E-state index < -0.39 is 0 Å². The second-order valence-corrected chi connectivity index (χ2v) is 8.41. The highest BCUT2D eigenvalue weighted by Crippen LogP contribution is 2.25. The Kier molecular flexibility index (Phi) is 5.93. The molecule has 0 radical (unpaired) electrons. The third-order valence-electron chi connectivity index (χ3n) is 6.29. The summed E-state index contributed by atoms with van der Waals surface area (Å²) < 4.78 is 0. The summed E-state index contributed by atoms with van der Waals surface area (Å²) in [7, 11) is 0. The van der Waals surface area contributed by atoms with Crippen molar-refractivity contribution < 1.29 is 4.79 Å². The molecular formula is C24H32N4O. The Morgan fingerprint density at radius 3 is 2.17 bits per heavy atom. The Morgan fingerprint density at radius 1 is 0.862 bits per heavy atom. The molecule has 2 amide bonds. The number of amides is 2. The average molecular weight is 393 g/mol. The van der Waals surface area contributed by atoms with Crippen LogP contribution in [0.1, 0.15) is 25.3 Å². The number of hydrogen-bond donors (Lipinski definition) is 1. The summed E-state index contributed by atoms with van der Waals surface area (Å²) in [5, 5.41) is 3.06. The molecule has 5 nitrogen and oxygen atoms in total. The van der Waals surface area contributed by atoms with Crippen LogP contribution in [0.15, 0.2) is 48.5 Å². The van der Waals surface area contributed by atoms with Gasteiger partial charge in [-0.25, -0.2) is 4.79 Å². The molecule has 0 atom stereocenters. The number of piperidine rings is 1. The van der Waals surface area contributed by atoms with Crippen LogP contribution < -0.4 is 15.1 Å². The van der Waals surface area contributed by atoms with Gasteiger partial charge in [0.25, 0.3) is 0 Å². The highest BCUT2D eigenvalue weighted by atomic mass is 16.2. The molecule has 0 aromatic heterocycles. The quantitative estimate of drug-likeness (QED) is 0.831. The van der Waals surface area contributed by atoms with E-state index in [0.29, 0.717) is 0 Å². The van der Waals surface area contributed by atoms with Crippen molar-refractivity contribution in [2.45, 2.75) is 26.7 Å². The fraction of sp³-hybridized carbons (Fsp3) is 0.458. The number of benzene rings is 2. The molecule has 2 fully saturated rings. The Bertz CT molecular complexity index is 819. The van der Waals surface area contributed by atoms with Gasteiger partial charge in [-0.15, -0.1) is 0 Å². The van der Waals surface area contributed by atoms with Crippen molar-refractivity contribution in [3.8, 4) is 0 Å². The lowest BCUT2D eigenvalue weighted by Crippen LogP contribution is -2.50. The van der Waals surface area contributed by atoms with Crippen LogP contribution in [0.2, 0.25) is 0 Å². The number of piperazine rings is 1. The minimum absolute atomic E-state index is 0.00557. The van der Waals surface area contributed by atoms with Crippen LogP contribution in [-0.2, 0) is 0 Å². The molecule has 1 N–H and O–H groups in total. The molecule has 5 heteroatoms. The fourth-order valence-electron chi connectivity index (χ4n) is 4.29. The van der Waals surface area contributed by atoms with Gasteiger partial charge in [-0.2, -0.15) is 0 Å². The lowest BCUT2D eigenvalue weighted by atomic mass is 9.99. The Morgan fingerprint density at radius 2 is 1.52 bits per heavy atom.